The third-order valence-electron chi connectivity index (χ3n) is 5.96. The Bertz CT molecular complexity index is 731. The fourth-order valence-electron chi connectivity index (χ4n) is 4.45. The van der Waals surface area contributed by atoms with E-state index in [0.29, 0.717) is 49.8 Å². The zero-order valence-corrected chi connectivity index (χ0v) is 17.6. The van der Waals surface area contributed by atoms with Crippen molar-refractivity contribution >= 4 is 11.9 Å². The van der Waals surface area contributed by atoms with E-state index in [0.717, 1.165) is 0 Å². The number of esters is 1. The van der Waals surface area contributed by atoms with Crippen LogP contribution in [0.15, 0.2) is 24.3 Å². The van der Waals surface area contributed by atoms with Crippen molar-refractivity contribution in [3.8, 4) is 5.75 Å². The van der Waals surface area contributed by atoms with E-state index < -0.39 is 17.7 Å². The molecule has 1 N–H and O–H groups in total. The Kier molecular flexibility index (Phi) is 6.49. The number of carbonyl (C=O) groups excluding carboxylic acids is 2. The summed E-state index contributed by atoms with van der Waals surface area (Å²) in [6.07, 6.45) is 0.361. The maximum Gasteiger partial charge on any atom is 0.337 e. The summed E-state index contributed by atoms with van der Waals surface area (Å²) >= 11 is 0. The molecule has 7 nitrogen and oxygen atoms in total. The summed E-state index contributed by atoms with van der Waals surface area (Å²) in [4.78, 5) is 26.2. The van der Waals surface area contributed by atoms with Gasteiger partial charge in [-0.25, -0.2) is 4.79 Å². The topological polar surface area (TPSA) is 85.3 Å². The summed E-state index contributed by atoms with van der Waals surface area (Å²) in [6.45, 7) is 7.29. The molecule has 29 heavy (non-hydrogen) atoms. The average Bonchev–Trinajstić information content (AvgIpc) is 3.10. The molecule has 0 spiro atoms. The van der Waals surface area contributed by atoms with Crippen molar-refractivity contribution in [1.82, 2.24) is 4.90 Å². The molecule has 3 rings (SSSR count). The minimum Gasteiger partial charge on any atom is -0.488 e. The van der Waals surface area contributed by atoms with Crippen LogP contribution in [-0.4, -0.2) is 66.5 Å². The number of methoxy groups -OCH3 is 1. The third-order valence-corrected chi connectivity index (χ3v) is 5.96. The molecule has 4 atom stereocenters. The zero-order valence-electron chi connectivity index (χ0n) is 17.6. The number of carbonyl (C=O) groups is 2. The fraction of sp³-hybridized carbons (Fsp3) is 0.636. The zero-order chi connectivity index (χ0) is 21.2. The number of aliphatic hydroxyl groups is 1. The third kappa shape index (κ3) is 4.73. The molecule has 2 fully saturated rings. The Labute approximate surface area is 171 Å². The van der Waals surface area contributed by atoms with Crippen LogP contribution in [0.3, 0.4) is 0 Å². The lowest BCUT2D eigenvalue weighted by atomic mass is 9.78. The molecular formula is C22H31NO6. The highest BCUT2D eigenvalue weighted by molar-refractivity contribution is 5.89. The molecule has 0 bridgehead atoms. The van der Waals surface area contributed by atoms with Gasteiger partial charge in [-0.1, -0.05) is 0 Å². The van der Waals surface area contributed by atoms with Crippen LogP contribution in [0, 0.1) is 11.8 Å². The van der Waals surface area contributed by atoms with Gasteiger partial charge in [-0.15, -0.1) is 0 Å². The van der Waals surface area contributed by atoms with Gasteiger partial charge in [0.1, 0.15) is 17.5 Å². The summed E-state index contributed by atoms with van der Waals surface area (Å²) in [5.41, 5.74) is -0.385. The van der Waals surface area contributed by atoms with E-state index in [4.69, 9.17) is 14.2 Å². The second kappa shape index (κ2) is 8.71. The van der Waals surface area contributed by atoms with Gasteiger partial charge in [0.05, 0.1) is 18.8 Å². The molecule has 2 aliphatic rings. The lowest BCUT2D eigenvalue weighted by molar-refractivity contribution is -0.152. The highest BCUT2D eigenvalue weighted by atomic mass is 16.5. The maximum atomic E-state index is 12.8. The Morgan fingerprint density at radius 1 is 1.14 bits per heavy atom. The van der Waals surface area contributed by atoms with Crippen molar-refractivity contribution in [1.29, 1.82) is 0 Å². The Balaban J connectivity index is 1.62. The summed E-state index contributed by atoms with van der Waals surface area (Å²) in [5, 5.41) is 10.6. The lowest BCUT2D eigenvalue weighted by Crippen LogP contribution is -2.46. The van der Waals surface area contributed by atoms with Crippen molar-refractivity contribution < 1.29 is 28.9 Å². The SMILES string of the molecule is CCOC(C)(C)C(=O)N1C[C@H]2C[C@@H](Oc3ccc(C(=O)OC)cc3)[C@H](O)C[C@H]2C1. The number of amides is 1. The molecular weight excluding hydrogens is 374 g/mol. The van der Waals surface area contributed by atoms with Gasteiger partial charge in [-0.05, 0) is 69.7 Å². The Hall–Kier alpha value is -2.12. The van der Waals surface area contributed by atoms with Crippen LogP contribution in [0.4, 0.5) is 0 Å². The number of aliphatic hydroxyl groups excluding tert-OH is 1. The molecule has 160 valence electrons. The second-order valence-corrected chi connectivity index (χ2v) is 8.38. The van der Waals surface area contributed by atoms with Gasteiger partial charge < -0.3 is 24.2 Å². The van der Waals surface area contributed by atoms with E-state index in [1.54, 1.807) is 38.1 Å². The molecule has 7 heteroatoms. The van der Waals surface area contributed by atoms with Gasteiger partial charge in [0.2, 0.25) is 0 Å². The van der Waals surface area contributed by atoms with Gasteiger partial charge in [-0.2, -0.15) is 0 Å². The van der Waals surface area contributed by atoms with E-state index in [2.05, 4.69) is 0 Å². The van der Waals surface area contributed by atoms with Crippen molar-refractivity contribution in [2.24, 2.45) is 11.8 Å². The lowest BCUT2D eigenvalue weighted by Gasteiger charge is -2.35. The number of benzene rings is 1. The van der Waals surface area contributed by atoms with Crippen LogP contribution in [0.25, 0.3) is 0 Å². The van der Waals surface area contributed by atoms with Crippen LogP contribution in [0.2, 0.25) is 0 Å². The second-order valence-electron chi connectivity index (χ2n) is 8.38. The van der Waals surface area contributed by atoms with Crippen molar-refractivity contribution in [3.63, 3.8) is 0 Å². The van der Waals surface area contributed by atoms with E-state index in [9.17, 15) is 14.7 Å². The molecule has 0 aromatic heterocycles. The standard InChI is InChI=1S/C22H31NO6/c1-5-28-22(2,3)21(26)23-12-15-10-18(24)19(11-16(15)13-23)29-17-8-6-14(7-9-17)20(25)27-4/h6-9,15-16,18-19,24H,5,10-13H2,1-4H3/t15-,16+,18+,19+/m0/s1. The van der Waals surface area contributed by atoms with Crippen LogP contribution < -0.4 is 4.74 Å². The van der Waals surface area contributed by atoms with Gasteiger partial charge in [0.25, 0.3) is 5.91 Å². The highest BCUT2D eigenvalue weighted by Gasteiger charge is 2.46. The van der Waals surface area contributed by atoms with E-state index in [-0.39, 0.29) is 17.9 Å². The Morgan fingerprint density at radius 3 is 2.34 bits per heavy atom. The first-order chi connectivity index (χ1) is 13.7. The van der Waals surface area contributed by atoms with Crippen LogP contribution in [0.1, 0.15) is 44.0 Å². The van der Waals surface area contributed by atoms with Gasteiger partial charge in [-0.3, -0.25) is 4.79 Å². The van der Waals surface area contributed by atoms with E-state index >= 15 is 0 Å². The smallest absolute Gasteiger partial charge is 0.337 e. The van der Waals surface area contributed by atoms with Crippen molar-refractivity contribution in [2.75, 3.05) is 26.8 Å². The maximum absolute atomic E-state index is 12.8. The minimum atomic E-state index is -0.835. The van der Waals surface area contributed by atoms with E-state index in [1.807, 2.05) is 11.8 Å². The minimum absolute atomic E-state index is 0.000827. The van der Waals surface area contributed by atoms with Crippen LogP contribution in [0.5, 0.6) is 5.75 Å². The summed E-state index contributed by atoms with van der Waals surface area (Å²) < 4.78 is 16.3. The number of likely N-dealkylation sites (tertiary alicyclic amines) is 1. The van der Waals surface area contributed by atoms with Gasteiger partial charge >= 0.3 is 5.97 Å². The summed E-state index contributed by atoms with van der Waals surface area (Å²) in [6, 6.07) is 6.70. The summed E-state index contributed by atoms with van der Waals surface area (Å²) in [7, 11) is 1.34. The number of nitrogens with zero attached hydrogens (tertiary/aromatic N) is 1. The molecule has 1 aromatic rings. The van der Waals surface area contributed by atoms with Crippen LogP contribution in [-0.2, 0) is 14.3 Å². The molecule has 1 saturated heterocycles. The van der Waals surface area contributed by atoms with Crippen molar-refractivity contribution in [3.05, 3.63) is 29.8 Å². The molecule has 1 aromatic carbocycles. The number of fused-ring (bicyclic) bond motifs is 1. The molecule has 0 unspecified atom stereocenters. The Morgan fingerprint density at radius 2 is 1.76 bits per heavy atom. The number of hydrogen-bond acceptors (Lipinski definition) is 6. The first-order valence-corrected chi connectivity index (χ1v) is 10.2. The number of ether oxygens (including phenoxy) is 3. The van der Waals surface area contributed by atoms with Crippen LogP contribution >= 0.6 is 0 Å². The number of rotatable bonds is 6. The molecule has 1 aliphatic heterocycles. The molecule has 1 aliphatic carbocycles. The molecule has 1 heterocycles. The average molecular weight is 405 g/mol. The quantitative estimate of drug-likeness (QED) is 0.731. The summed E-state index contributed by atoms with van der Waals surface area (Å²) in [5.74, 6) is 0.762. The highest BCUT2D eigenvalue weighted by Crippen LogP contribution is 2.39. The molecule has 0 radical (unpaired) electrons. The van der Waals surface area contributed by atoms with Gasteiger partial charge in [0, 0.05) is 19.7 Å². The van der Waals surface area contributed by atoms with Gasteiger partial charge in [0.15, 0.2) is 0 Å². The van der Waals surface area contributed by atoms with E-state index in [1.165, 1.54) is 7.11 Å². The monoisotopic (exact) mass is 405 g/mol. The molecule has 1 saturated carbocycles. The fourth-order valence-corrected chi connectivity index (χ4v) is 4.45. The number of hydrogen-bond donors (Lipinski definition) is 1. The molecule has 1 amide bonds. The first kappa shape index (κ1) is 21.6. The normalized spacial score (nSPS) is 26.7. The predicted molar refractivity (Wildman–Crippen MR) is 107 cm³/mol. The first-order valence-electron chi connectivity index (χ1n) is 10.2. The van der Waals surface area contributed by atoms with Crippen molar-refractivity contribution in [2.45, 2.75) is 51.4 Å². The predicted octanol–water partition coefficient (Wildman–Crippen LogP) is 2.27. The largest absolute Gasteiger partial charge is 0.488 e.